The van der Waals surface area contributed by atoms with Gasteiger partial charge in [-0.1, -0.05) is 20.8 Å². The summed E-state index contributed by atoms with van der Waals surface area (Å²) in [5, 5.41) is 0. The van der Waals surface area contributed by atoms with E-state index in [1.807, 2.05) is 31.7 Å². The Balaban J connectivity index is 2.02. The molecule has 1 saturated heterocycles. The SMILES string of the molecule is CCc1ccc(S(=O)(=O)N2CCN(C(=O)C(CC)CC)CC2)s1. The highest BCUT2D eigenvalue weighted by molar-refractivity contribution is 7.91. The van der Waals surface area contributed by atoms with Crippen molar-refractivity contribution in [2.75, 3.05) is 26.2 Å². The minimum absolute atomic E-state index is 0.0579. The molecule has 5 nitrogen and oxygen atoms in total. The second-order valence-corrected chi connectivity index (χ2v) is 9.15. The molecule has 1 aliphatic rings. The average Bonchev–Trinajstić information content (AvgIpc) is 3.06. The summed E-state index contributed by atoms with van der Waals surface area (Å²) < 4.78 is 27.3. The summed E-state index contributed by atoms with van der Waals surface area (Å²) in [6.07, 6.45) is 2.52. The normalized spacial score (nSPS) is 17.0. The number of hydrogen-bond donors (Lipinski definition) is 0. The van der Waals surface area contributed by atoms with Crippen LogP contribution in [0.15, 0.2) is 16.3 Å². The fraction of sp³-hybridized carbons (Fsp3) is 0.688. The van der Waals surface area contributed by atoms with Gasteiger partial charge >= 0.3 is 0 Å². The largest absolute Gasteiger partial charge is 0.340 e. The number of nitrogens with zero attached hydrogens (tertiary/aromatic N) is 2. The van der Waals surface area contributed by atoms with E-state index in [-0.39, 0.29) is 11.8 Å². The maximum Gasteiger partial charge on any atom is 0.252 e. The minimum atomic E-state index is -3.42. The Hall–Kier alpha value is -0.920. The number of amides is 1. The van der Waals surface area contributed by atoms with Crippen LogP contribution in [0.25, 0.3) is 0 Å². The molecule has 0 radical (unpaired) electrons. The van der Waals surface area contributed by atoms with Crippen molar-refractivity contribution < 1.29 is 13.2 Å². The minimum Gasteiger partial charge on any atom is -0.340 e. The standard InChI is InChI=1S/C16H26N2O3S2/c1-4-13(5-2)16(19)17-9-11-18(12-10-17)23(20,21)15-8-7-14(6-3)22-15/h7-8,13H,4-6,9-12H2,1-3H3. The van der Waals surface area contributed by atoms with Gasteiger partial charge in [-0.3, -0.25) is 4.79 Å². The van der Waals surface area contributed by atoms with E-state index >= 15 is 0 Å². The van der Waals surface area contributed by atoms with Crippen LogP contribution in [0, 0.1) is 5.92 Å². The monoisotopic (exact) mass is 358 g/mol. The Kier molecular flexibility index (Phi) is 6.22. The summed E-state index contributed by atoms with van der Waals surface area (Å²) in [5.41, 5.74) is 0. The summed E-state index contributed by atoms with van der Waals surface area (Å²) in [5.74, 6) is 0.221. The number of aryl methyl sites for hydroxylation is 1. The molecule has 0 bridgehead atoms. The third kappa shape index (κ3) is 3.95. The number of carbonyl (C=O) groups excluding carboxylic acids is 1. The Labute approximate surface area is 143 Å². The first-order chi connectivity index (χ1) is 10.9. The van der Waals surface area contributed by atoms with Crippen molar-refractivity contribution in [2.45, 2.75) is 44.2 Å². The summed E-state index contributed by atoms with van der Waals surface area (Å²) in [7, 11) is -3.42. The summed E-state index contributed by atoms with van der Waals surface area (Å²) >= 11 is 1.34. The highest BCUT2D eigenvalue weighted by Crippen LogP contribution is 2.26. The van der Waals surface area contributed by atoms with Crippen LogP contribution < -0.4 is 0 Å². The first-order valence-electron chi connectivity index (χ1n) is 8.31. The molecule has 130 valence electrons. The van der Waals surface area contributed by atoms with Crippen molar-refractivity contribution in [3.63, 3.8) is 0 Å². The van der Waals surface area contributed by atoms with Crippen molar-refractivity contribution in [2.24, 2.45) is 5.92 Å². The first kappa shape index (κ1) is 18.4. The zero-order chi connectivity index (χ0) is 17.0. The van der Waals surface area contributed by atoms with E-state index in [4.69, 9.17) is 0 Å². The van der Waals surface area contributed by atoms with Crippen molar-refractivity contribution in [1.29, 1.82) is 0 Å². The van der Waals surface area contributed by atoms with Crippen LogP contribution >= 0.6 is 11.3 Å². The van der Waals surface area contributed by atoms with Gasteiger partial charge in [0.15, 0.2) is 0 Å². The predicted molar refractivity (Wildman–Crippen MR) is 93.1 cm³/mol. The van der Waals surface area contributed by atoms with Gasteiger partial charge in [0, 0.05) is 37.0 Å². The highest BCUT2D eigenvalue weighted by Gasteiger charge is 2.32. The van der Waals surface area contributed by atoms with E-state index in [9.17, 15) is 13.2 Å². The Morgan fingerprint density at radius 3 is 2.22 bits per heavy atom. The molecule has 2 rings (SSSR count). The Morgan fingerprint density at radius 2 is 1.74 bits per heavy atom. The lowest BCUT2D eigenvalue weighted by Crippen LogP contribution is -2.51. The molecular weight excluding hydrogens is 332 g/mol. The Morgan fingerprint density at radius 1 is 1.13 bits per heavy atom. The fourth-order valence-corrected chi connectivity index (χ4v) is 5.73. The van der Waals surface area contributed by atoms with Gasteiger partial charge < -0.3 is 4.90 Å². The molecule has 1 aromatic rings. The van der Waals surface area contributed by atoms with Crippen LogP contribution in [0.1, 0.15) is 38.5 Å². The van der Waals surface area contributed by atoms with Crippen LogP contribution in [0.4, 0.5) is 0 Å². The van der Waals surface area contributed by atoms with Crippen molar-refractivity contribution in [1.82, 2.24) is 9.21 Å². The zero-order valence-corrected chi connectivity index (χ0v) is 15.8. The summed E-state index contributed by atoms with van der Waals surface area (Å²) in [6, 6.07) is 3.57. The molecule has 23 heavy (non-hydrogen) atoms. The molecule has 0 spiro atoms. The van der Waals surface area contributed by atoms with E-state index < -0.39 is 10.0 Å². The van der Waals surface area contributed by atoms with E-state index in [1.54, 1.807) is 6.07 Å². The second kappa shape index (κ2) is 7.77. The molecule has 0 aromatic carbocycles. The molecule has 2 heterocycles. The lowest BCUT2D eigenvalue weighted by molar-refractivity contribution is -0.136. The van der Waals surface area contributed by atoms with E-state index in [0.29, 0.717) is 30.4 Å². The molecule has 1 amide bonds. The molecule has 0 atom stereocenters. The molecule has 0 aliphatic carbocycles. The molecular formula is C16H26N2O3S2. The van der Waals surface area contributed by atoms with Crippen LogP contribution in [0.5, 0.6) is 0 Å². The lowest BCUT2D eigenvalue weighted by atomic mass is 10.0. The van der Waals surface area contributed by atoms with E-state index in [0.717, 1.165) is 24.1 Å². The molecule has 7 heteroatoms. The van der Waals surface area contributed by atoms with Crippen LogP contribution in [0.3, 0.4) is 0 Å². The van der Waals surface area contributed by atoms with Crippen LogP contribution in [-0.4, -0.2) is 49.7 Å². The first-order valence-corrected chi connectivity index (χ1v) is 10.6. The number of thiophene rings is 1. The fourth-order valence-electron chi connectivity index (χ4n) is 2.86. The van der Waals surface area contributed by atoms with Gasteiger partial charge in [0.05, 0.1) is 0 Å². The number of piperazine rings is 1. The van der Waals surface area contributed by atoms with Gasteiger partial charge in [-0.2, -0.15) is 4.31 Å². The third-order valence-electron chi connectivity index (χ3n) is 4.46. The molecule has 1 aromatic heterocycles. The number of hydrogen-bond acceptors (Lipinski definition) is 4. The highest BCUT2D eigenvalue weighted by atomic mass is 32.2. The van der Waals surface area contributed by atoms with Gasteiger partial charge in [0.1, 0.15) is 4.21 Å². The van der Waals surface area contributed by atoms with Crippen LogP contribution in [-0.2, 0) is 21.2 Å². The number of rotatable bonds is 6. The molecule has 0 saturated carbocycles. The van der Waals surface area contributed by atoms with Gasteiger partial charge in [0.25, 0.3) is 10.0 Å². The predicted octanol–water partition coefficient (Wildman–Crippen LogP) is 2.58. The van der Waals surface area contributed by atoms with Gasteiger partial charge in [-0.25, -0.2) is 8.42 Å². The zero-order valence-electron chi connectivity index (χ0n) is 14.1. The second-order valence-electron chi connectivity index (χ2n) is 5.82. The van der Waals surface area contributed by atoms with Gasteiger partial charge in [-0.15, -0.1) is 11.3 Å². The maximum atomic E-state index is 12.7. The maximum absolute atomic E-state index is 12.7. The quantitative estimate of drug-likeness (QED) is 0.785. The molecule has 0 unspecified atom stereocenters. The number of sulfonamides is 1. The van der Waals surface area contributed by atoms with Crippen molar-refractivity contribution in [3.05, 3.63) is 17.0 Å². The molecule has 0 N–H and O–H groups in total. The number of carbonyl (C=O) groups is 1. The lowest BCUT2D eigenvalue weighted by Gasteiger charge is -2.35. The van der Waals surface area contributed by atoms with Crippen molar-refractivity contribution in [3.8, 4) is 0 Å². The smallest absolute Gasteiger partial charge is 0.252 e. The van der Waals surface area contributed by atoms with Gasteiger partial charge in [0.2, 0.25) is 5.91 Å². The van der Waals surface area contributed by atoms with E-state index in [1.165, 1.54) is 15.6 Å². The topological polar surface area (TPSA) is 57.7 Å². The average molecular weight is 359 g/mol. The van der Waals surface area contributed by atoms with Crippen LogP contribution in [0.2, 0.25) is 0 Å². The summed E-state index contributed by atoms with van der Waals surface area (Å²) in [6.45, 7) is 7.80. The third-order valence-corrected chi connectivity index (χ3v) is 8.06. The van der Waals surface area contributed by atoms with Gasteiger partial charge in [-0.05, 0) is 31.4 Å². The molecule has 1 aliphatic heterocycles. The Bertz CT molecular complexity index is 628. The molecule has 1 fully saturated rings. The van der Waals surface area contributed by atoms with E-state index in [2.05, 4.69) is 0 Å². The van der Waals surface area contributed by atoms with Crippen molar-refractivity contribution >= 4 is 27.3 Å². The summed E-state index contributed by atoms with van der Waals surface area (Å²) in [4.78, 5) is 15.3.